The molecule has 138 valence electrons. The van der Waals surface area contributed by atoms with Crippen molar-refractivity contribution in [3.05, 3.63) is 108 Å². The molecule has 3 nitrogen and oxygen atoms in total. The summed E-state index contributed by atoms with van der Waals surface area (Å²) >= 11 is 0. The molecule has 1 amide bonds. The fraction of sp³-hybridized carbons (Fsp3) is 0.208. The third-order valence-corrected chi connectivity index (χ3v) is 4.64. The van der Waals surface area contributed by atoms with Gasteiger partial charge in [-0.05, 0) is 16.7 Å². The van der Waals surface area contributed by atoms with Crippen molar-refractivity contribution in [2.24, 2.45) is 0 Å². The number of aliphatic hydroxyl groups excluding tert-OH is 1. The van der Waals surface area contributed by atoms with Crippen LogP contribution in [0, 0.1) is 0 Å². The lowest BCUT2D eigenvalue weighted by Crippen LogP contribution is -2.34. The van der Waals surface area contributed by atoms with Crippen LogP contribution in [0.5, 0.6) is 0 Å². The largest absolute Gasteiger partial charge is 0.391 e. The first-order valence-electron chi connectivity index (χ1n) is 9.31. The van der Waals surface area contributed by atoms with E-state index in [1.54, 1.807) is 0 Å². The molecule has 0 saturated carbocycles. The maximum absolute atomic E-state index is 12.5. The summed E-state index contributed by atoms with van der Waals surface area (Å²) in [4.78, 5) is 12.5. The summed E-state index contributed by atoms with van der Waals surface area (Å²) in [6.45, 7) is 0.254. The highest BCUT2D eigenvalue weighted by atomic mass is 16.3. The van der Waals surface area contributed by atoms with E-state index in [0.29, 0.717) is 12.8 Å². The molecule has 27 heavy (non-hydrogen) atoms. The van der Waals surface area contributed by atoms with E-state index in [2.05, 4.69) is 29.6 Å². The molecule has 3 heteroatoms. The van der Waals surface area contributed by atoms with Crippen molar-refractivity contribution in [3.8, 4) is 0 Å². The molecule has 0 aliphatic rings. The smallest absolute Gasteiger partial charge is 0.221 e. The Bertz CT molecular complexity index is 779. The molecule has 3 rings (SSSR count). The predicted octanol–water partition coefficient (Wildman–Crippen LogP) is 3.93. The lowest BCUT2D eigenvalue weighted by atomic mass is 9.88. The van der Waals surface area contributed by atoms with E-state index in [4.69, 9.17) is 0 Å². The van der Waals surface area contributed by atoms with Crippen LogP contribution in [0.25, 0.3) is 0 Å². The summed E-state index contributed by atoms with van der Waals surface area (Å²) in [7, 11) is 0. The lowest BCUT2D eigenvalue weighted by Gasteiger charge is -2.19. The number of carbonyl (C=O) groups is 1. The maximum Gasteiger partial charge on any atom is 0.221 e. The van der Waals surface area contributed by atoms with Gasteiger partial charge in [0.2, 0.25) is 5.91 Å². The molecule has 0 spiro atoms. The predicted molar refractivity (Wildman–Crippen MR) is 109 cm³/mol. The van der Waals surface area contributed by atoms with E-state index in [9.17, 15) is 9.90 Å². The van der Waals surface area contributed by atoms with E-state index < -0.39 is 6.10 Å². The van der Waals surface area contributed by atoms with Gasteiger partial charge >= 0.3 is 0 Å². The van der Waals surface area contributed by atoms with Crippen molar-refractivity contribution >= 4 is 5.91 Å². The number of aliphatic hydroxyl groups is 1. The van der Waals surface area contributed by atoms with E-state index in [-0.39, 0.29) is 18.4 Å². The van der Waals surface area contributed by atoms with Gasteiger partial charge in [-0.1, -0.05) is 91.0 Å². The molecule has 0 bridgehead atoms. The van der Waals surface area contributed by atoms with E-state index >= 15 is 0 Å². The standard InChI is InChI=1S/C24H25NO2/c26-22(16-19-10-4-1-5-11-19)18-25-24(27)17-23(20-12-6-2-7-13-20)21-14-8-3-9-15-21/h1-15,22-23,26H,16-18H2,(H,25,27). The quantitative estimate of drug-likeness (QED) is 0.640. The molecule has 0 aliphatic carbocycles. The Morgan fingerprint density at radius 1 is 0.778 bits per heavy atom. The van der Waals surface area contributed by atoms with E-state index in [1.807, 2.05) is 66.7 Å². The zero-order chi connectivity index (χ0) is 18.9. The summed E-state index contributed by atoms with van der Waals surface area (Å²) in [5.41, 5.74) is 3.29. The molecule has 3 aromatic rings. The number of rotatable bonds is 8. The van der Waals surface area contributed by atoms with Crippen molar-refractivity contribution in [2.45, 2.75) is 24.9 Å². The Labute approximate surface area is 160 Å². The molecule has 1 unspecified atom stereocenters. The monoisotopic (exact) mass is 359 g/mol. The minimum Gasteiger partial charge on any atom is -0.391 e. The lowest BCUT2D eigenvalue weighted by molar-refractivity contribution is -0.121. The number of hydrogen-bond donors (Lipinski definition) is 2. The molecule has 0 aromatic heterocycles. The van der Waals surface area contributed by atoms with Gasteiger partial charge < -0.3 is 10.4 Å². The van der Waals surface area contributed by atoms with Crippen LogP contribution < -0.4 is 5.32 Å². The third-order valence-electron chi connectivity index (χ3n) is 4.64. The first kappa shape index (κ1) is 18.9. The van der Waals surface area contributed by atoms with Crippen LogP contribution in [0.3, 0.4) is 0 Å². The van der Waals surface area contributed by atoms with Crippen LogP contribution in [0.2, 0.25) is 0 Å². The zero-order valence-corrected chi connectivity index (χ0v) is 15.3. The maximum atomic E-state index is 12.5. The number of amides is 1. The topological polar surface area (TPSA) is 49.3 Å². The molecule has 0 radical (unpaired) electrons. The van der Waals surface area contributed by atoms with Gasteiger partial charge in [0.05, 0.1) is 6.10 Å². The summed E-state index contributed by atoms with van der Waals surface area (Å²) in [5.74, 6) is -0.0570. The van der Waals surface area contributed by atoms with Crippen molar-refractivity contribution < 1.29 is 9.90 Å². The fourth-order valence-electron chi connectivity index (χ4n) is 3.25. The van der Waals surface area contributed by atoms with Crippen LogP contribution in [-0.2, 0) is 11.2 Å². The van der Waals surface area contributed by atoms with Gasteiger partial charge in [-0.15, -0.1) is 0 Å². The second kappa shape index (κ2) is 9.70. The van der Waals surface area contributed by atoms with Crippen molar-refractivity contribution in [2.75, 3.05) is 6.54 Å². The fourth-order valence-corrected chi connectivity index (χ4v) is 3.25. The summed E-state index contributed by atoms with van der Waals surface area (Å²) in [5, 5.41) is 13.1. The third kappa shape index (κ3) is 5.80. The highest BCUT2D eigenvalue weighted by Crippen LogP contribution is 2.27. The van der Waals surface area contributed by atoms with Gasteiger partial charge in [0.15, 0.2) is 0 Å². The Morgan fingerprint density at radius 2 is 1.26 bits per heavy atom. The second-order valence-corrected chi connectivity index (χ2v) is 6.73. The van der Waals surface area contributed by atoms with Crippen LogP contribution in [0.15, 0.2) is 91.0 Å². The number of benzene rings is 3. The molecule has 0 fully saturated rings. The van der Waals surface area contributed by atoms with Crippen molar-refractivity contribution in [3.63, 3.8) is 0 Å². The first-order valence-corrected chi connectivity index (χ1v) is 9.31. The molecule has 3 aromatic carbocycles. The van der Waals surface area contributed by atoms with Crippen LogP contribution in [-0.4, -0.2) is 23.7 Å². The minimum absolute atomic E-state index is 0.00124. The molecular weight excluding hydrogens is 334 g/mol. The highest BCUT2D eigenvalue weighted by Gasteiger charge is 2.18. The average molecular weight is 359 g/mol. The Kier molecular flexibility index (Phi) is 6.78. The van der Waals surface area contributed by atoms with Gasteiger partial charge in [-0.3, -0.25) is 4.79 Å². The van der Waals surface area contributed by atoms with Crippen LogP contribution >= 0.6 is 0 Å². The summed E-state index contributed by atoms with van der Waals surface area (Å²) in [6.07, 6.45) is 0.289. The Hall–Kier alpha value is -2.91. The zero-order valence-electron chi connectivity index (χ0n) is 15.3. The van der Waals surface area contributed by atoms with E-state index in [0.717, 1.165) is 16.7 Å². The Morgan fingerprint density at radius 3 is 1.78 bits per heavy atom. The summed E-state index contributed by atoms with van der Waals surface area (Å²) in [6, 6.07) is 29.9. The molecule has 2 N–H and O–H groups in total. The van der Waals surface area contributed by atoms with Crippen LogP contribution in [0.4, 0.5) is 0 Å². The number of carbonyl (C=O) groups excluding carboxylic acids is 1. The minimum atomic E-state index is -0.594. The molecule has 0 aliphatic heterocycles. The number of nitrogens with one attached hydrogen (secondary N) is 1. The van der Waals surface area contributed by atoms with Gasteiger partial charge in [0.1, 0.15) is 0 Å². The van der Waals surface area contributed by atoms with E-state index in [1.165, 1.54) is 0 Å². The van der Waals surface area contributed by atoms with Gasteiger partial charge in [0, 0.05) is 25.3 Å². The number of hydrogen-bond acceptors (Lipinski definition) is 2. The Balaban J connectivity index is 1.60. The van der Waals surface area contributed by atoms with Gasteiger partial charge in [-0.2, -0.15) is 0 Å². The van der Waals surface area contributed by atoms with Gasteiger partial charge in [0.25, 0.3) is 0 Å². The molecule has 0 saturated heterocycles. The highest BCUT2D eigenvalue weighted by molar-refractivity contribution is 5.77. The molecule has 1 atom stereocenters. The first-order chi connectivity index (χ1) is 13.2. The van der Waals surface area contributed by atoms with Crippen molar-refractivity contribution in [1.82, 2.24) is 5.32 Å². The SMILES string of the molecule is O=C(CC(c1ccccc1)c1ccccc1)NCC(O)Cc1ccccc1. The second-order valence-electron chi connectivity index (χ2n) is 6.73. The molecule has 0 heterocycles. The van der Waals surface area contributed by atoms with Gasteiger partial charge in [-0.25, -0.2) is 0 Å². The average Bonchev–Trinajstić information content (AvgIpc) is 2.72. The molecular formula is C24H25NO2. The summed E-state index contributed by atoms with van der Waals surface area (Å²) < 4.78 is 0. The van der Waals surface area contributed by atoms with Crippen LogP contribution in [0.1, 0.15) is 29.0 Å². The van der Waals surface area contributed by atoms with Crippen molar-refractivity contribution in [1.29, 1.82) is 0 Å². The normalized spacial score (nSPS) is 11.9.